The van der Waals surface area contributed by atoms with Crippen molar-refractivity contribution in [3.8, 4) is 0 Å². The molecule has 5 N–H and O–H groups in total. The van der Waals surface area contributed by atoms with Gasteiger partial charge in [0.2, 0.25) is 0 Å². The molecule has 25 atom stereocenters. The molecule has 8 aromatic carbocycles. The number of benzene rings is 8. The Morgan fingerprint density at radius 3 is 1.13 bits per heavy atom. The van der Waals surface area contributed by atoms with Crippen LogP contribution in [-0.4, -0.2) is 204 Å². The average Bonchev–Trinajstić information content (AvgIpc) is 1.01. The molecule has 13 rings (SSSR count). The third-order valence-electron chi connectivity index (χ3n) is 21.5. The number of rotatable bonds is 39. The molecule has 1 amide bonds. The van der Waals surface area contributed by atoms with Crippen molar-refractivity contribution in [3.63, 3.8) is 0 Å². The van der Waals surface area contributed by atoms with E-state index in [0.717, 1.165) is 44.5 Å². The van der Waals surface area contributed by atoms with Crippen LogP contribution in [0.1, 0.15) is 65.3 Å². The molecule has 638 valence electrons. The zero-order valence-corrected chi connectivity index (χ0v) is 68.7. The van der Waals surface area contributed by atoms with Gasteiger partial charge in [-0.3, -0.25) is 4.79 Å². The van der Waals surface area contributed by atoms with E-state index in [4.69, 9.17) is 120 Å². The van der Waals surface area contributed by atoms with Crippen molar-refractivity contribution in [1.82, 2.24) is 5.32 Å². The second kappa shape index (κ2) is 44.8. The standard InChI is InChI=1S/C92H106Cl3NO23/c1-5-46-104-87-75(100)81(77(59(3)111-87)106-51-64-36-20-9-21-37-64)117-88-79(69(56-102-48-61-30-14-6-15-31-61)76(58(2)112-88)105-50-63-34-18-8-19-35-63)116-90-85(119-86-72(96-91(101)92(93,94)95)74(99)73(98)70(47-97)114-86)83(78(60(4)113-90)107-52-65-38-22-10-23-39-65)118-89-84(110-55-68-44-28-13-29-45-68)82(109-54-67-42-26-12-27-43-67)80(108-53-66-40-24-11-25-41-66)71(115-89)57-103-49-62-32-16-7-17-33-62/h5-45,58-60,69-90,97-100H,1,46-57H2,2-4H3,(H,96,101)/t58-,59-,60-,69+,70+,71-,72+,73+,74+,75+,76-,77-,78-,79+,80-,81-,82+,83+,84+,85+,86-,87+,88-,89-,90-/m0/s1. The topological polar surface area (TPSA) is 276 Å². The Labute approximate surface area is 709 Å². The van der Waals surface area contributed by atoms with Crippen molar-refractivity contribution in [2.75, 3.05) is 26.4 Å². The quantitative estimate of drug-likeness (QED) is 0.0177. The van der Waals surface area contributed by atoms with E-state index in [0.29, 0.717) is 0 Å². The minimum Gasteiger partial charge on any atom is -0.394 e. The molecule has 0 unspecified atom stereocenters. The van der Waals surface area contributed by atoms with E-state index in [2.05, 4.69) is 11.9 Å². The monoisotopic (exact) mass is 1700 g/mol. The molecule has 5 aliphatic heterocycles. The normalized spacial score (nSPS) is 31.1. The number of amides is 1. The molecular weight excluding hydrogens is 1590 g/mol. The summed E-state index contributed by atoms with van der Waals surface area (Å²) in [6.07, 6.45) is -30.1. The lowest BCUT2D eigenvalue weighted by molar-refractivity contribution is -0.413. The predicted molar refractivity (Wildman–Crippen MR) is 439 cm³/mol. The highest BCUT2D eigenvalue weighted by molar-refractivity contribution is 6.76. The van der Waals surface area contributed by atoms with Gasteiger partial charge in [-0.05, 0) is 65.3 Å². The Morgan fingerprint density at radius 2 is 0.697 bits per heavy atom. The fourth-order valence-electron chi connectivity index (χ4n) is 15.4. The lowest BCUT2D eigenvalue weighted by Crippen LogP contribution is -2.70. The molecule has 5 aliphatic rings. The molecule has 8 aromatic rings. The summed E-state index contributed by atoms with van der Waals surface area (Å²) >= 11 is 19.0. The summed E-state index contributed by atoms with van der Waals surface area (Å²) in [5.74, 6) is -2.19. The van der Waals surface area contributed by atoms with Crippen LogP contribution in [0.25, 0.3) is 0 Å². The first kappa shape index (κ1) is 89.7. The maximum absolute atomic E-state index is 14.2. The summed E-state index contributed by atoms with van der Waals surface area (Å²) in [7, 11) is 0. The van der Waals surface area contributed by atoms with Crippen molar-refractivity contribution in [2.45, 2.75) is 225 Å². The minimum absolute atomic E-state index is 0.00812. The van der Waals surface area contributed by atoms with Gasteiger partial charge < -0.3 is 111 Å². The highest BCUT2D eigenvalue weighted by atomic mass is 35.6. The van der Waals surface area contributed by atoms with Gasteiger partial charge in [-0.25, -0.2) is 0 Å². The molecule has 119 heavy (non-hydrogen) atoms. The van der Waals surface area contributed by atoms with Crippen molar-refractivity contribution >= 4 is 40.7 Å². The predicted octanol–water partition coefficient (Wildman–Crippen LogP) is 11.9. The van der Waals surface area contributed by atoms with E-state index in [-0.39, 0.29) is 72.7 Å². The van der Waals surface area contributed by atoms with E-state index in [1.54, 1.807) is 13.8 Å². The third-order valence-corrected chi connectivity index (χ3v) is 22.0. The molecule has 0 saturated carbocycles. The molecule has 0 bridgehead atoms. The summed E-state index contributed by atoms with van der Waals surface area (Å²) in [5.41, 5.74) is 6.59. The summed E-state index contributed by atoms with van der Waals surface area (Å²) in [5, 5.41) is 50.7. The molecule has 0 radical (unpaired) electrons. The molecule has 0 aromatic heterocycles. The van der Waals surface area contributed by atoms with Crippen LogP contribution in [0.3, 0.4) is 0 Å². The first-order valence-corrected chi connectivity index (χ1v) is 41.4. The first-order valence-electron chi connectivity index (χ1n) is 40.3. The number of aliphatic hydroxyl groups is 4. The van der Waals surface area contributed by atoms with Crippen LogP contribution in [0.15, 0.2) is 255 Å². The average molecular weight is 1700 g/mol. The van der Waals surface area contributed by atoms with Crippen molar-refractivity contribution in [3.05, 3.63) is 300 Å². The maximum Gasteiger partial charge on any atom is 0.272 e. The van der Waals surface area contributed by atoms with E-state index >= 15 is 0 Å². The zero-order valence-electron chi connectivity index (χ0n) is 66.5. The number of nitrogens with one attached hydrogen (secondary N) is 1. The number of halogens is 3. The van der Waals surface area contributed by atoms with Crippen molar-refractivity contribution < 1.29 is 110 Å². The SMILES string of the molecule is C=CCO[C@@H]1O[C@@H](C)[C@H](OCc2ccccc2)[C@@H](O[C@@H]2O[C@@H](C)[C@H](OCc3ccccc3)[C@@H](COCc3ccccc3)[C@H]2O[C@@H]2O[C@@H](C)[C@H](OCc3ccccc3)[C@@H](O[C@@H]3O[C@@H](COCc4ccccc4)[C@H](OCc4ccccc4)[C@@H](OCc4ccccc4)[C@H]3OCc3ccccc3)[C@H]2O[C@@H]2O[C@H](CO)[C@@H](O)[C@H](O)[C@H]2NC(=O)C(Cl)(Cl)Cl)[C@H]1O. The fraction of sp³-hybridized carbons (Fsp3) is 0.446. The van der Waals surface area contributed by atoms with Crippen LogP contribution in [0, 0.1) is 5.92 Å². The minimum atomic E-state index is -2.67. The van der Waals surface area contributed by atoms with E-state index in [9.17, 15) is 25.2 Å². The molecule has 5 fully saturated rings. The van der Waals surface area contributed by atoms with Gasteiger partial charge in [0, 0.05) is 5.92 Å². The Morgan fingerprint density at radius 1 is 0.361 bits per heavy atom. The lowest BCUT2D eigenvalue weighted by Gasteiger charge is -2.53. The van der Waals surface area contributed by atoms with Gasteiger partial charge >= 0.3 is 0 Å². The van der Waals surface area contributed by atoms with Crippen LogP contribution >= 0.6 is 34.8 Å². The molecule has 0 spiro atoms. The van der Waals surface area contributed by atoms with Crippen LogP contribution in [0.5, 0.6) is 0 Å². The number of hydrogen-bond donors (Lipinski definition) is 5. The molecule has 5 heterocycles. The third kappa shape index (κ3) is 24.7. The fourth-order valence-corrected chi connectivity index (χ4v) is 15.5. The Balaban J connectivity index is 0.987. The number of aliphatic hydroxyl groups excluding tert-OH is 4. The molecule has 5 saturated heterocycles. The second-order valence-electron chi connectivity index (χ2n) is 30.1. The van der Waals surface area contributed by atoms with Gasteiger partial charge in [-0.15, -0.1) is 6.58 Å². The number of carbonyl (C=O) groups is 1. The van der Waals surface area contributed by atoms with E-state index in [1.807, 2.05) is 250 Å². The zero-order chi connectivity index (χ0) is 83.0. The van der Waals surface area contributed by atoms with Crippen LogP contribution in [0.2, 0.25) is 0 Å². The summed E-state index contributed by atoms with van der Waals surface area (Å²) in [4.78, 5) is 14.2. The van der Waals surface area contributed by atoms with Gasteiger partial charge in [0.25, 0.3) is 9.70 Å². The van der Waals surface area contributed by atoms with E-state index < -0.39 is 170 Å². The Bertz CT molecular complexity index is 4250. The van der Waals surface area contributed by atoms with Gasteiger partial charge in [-0.1, -0.05) is 284 Å². The molecular formula is C92H106Cl3NO23. The van der Waals surface area contributed by atoms with Gasteiger partial charge in [0.05, 0.1) is 104 Å². The second-order valence-corrected chi connectivity index (χ2v) is 32.4. The van der Waals surface area contributed by atoms with Crippen LogP contribution < -0.4 is 5.32 Å². The van der Waals surface area contributed by atoms with E-state index in [1.165, 1.54) is 6.08 Å². The highest BCUT2D eigenvalue weighted by Crippen LogP contribution is 2.43. The largest absolute Gasteiger partial charge is 0.394 e. The van der Waals surface area contributed by atoms with Crippen molar-refractivity contribution in [1.29, 1.82) is 0 Å². The molecule has 27 heteroatoms. The maximum atomic E-state index is 14.2. The number of alkyl halides is 3. The molecule has 24 nitrogen and oxygen atoms in total. The Kier molecular flexibility index (Phi) is 33.8. The number of ether oxygens (including phenoxy) is 18. The Hall–Kier alpha value is -7.04. The van der Waals surface area contributed by atoms with Crippen LogP contribution in [-0.2, 0) is 143 Å². The van der Waals surface area contributed by atoms with Gasteiger partial charge in [-0.2, -0.15) is 0 Å². The summed E-state index contributed by atoms with van der Waals surface area (Å²) < 4.78 is 126. The summed E-state index contributed by atoms with van der Waals surface area (Å²) in [6.45, 7) is 8.67. The first-order chi connectivity index (χ1) is 58.0. The van der Waals surface area contributed by atoms with Crippen LogP contribution in [0.4, 0.5) is 0 Å². The smallest absolute Gasteiger partial charge is 0.272 e. The van der Waals surface area contributed by atoms with Gasteiger partial charge in [0.15, 0.2) is 31.5 Å². The highest BCUT2D eigenvalue weighted by Gasteiger charge is 2.60. The summed E-state index contributed by atoms with van der Waals surface area (Å²) in [6, 6.07) is 74.9. The van der Waals surface area contributed by atoms with Crippen molar-refractivity contribution in [2.24, 2.45) is 5.92 Å². The number of carbonyl (C=O) groups excluding carboxylic acids is 1. The molecule has 0 aliphatic carbocycles. The number of hydrogen-bond acceptors (Lipinski definition) is 23. The lowest BCUT2D eigenvalue weighted by atomic mass is 9.88. The van der Waals surface area contributed by atoms with Gasteiger partial charge in [0.1, 0.15) is 91.5 Å².